The van der Waals surface area contributed by atoms with Gasteiger partial charge < -0.3 is 15.3 Å². The number of amides is 2. The van der Waals surface area contributed by atoms with E-state index in [1.807, 2.05) is 78.0 Å². The maximum absolute atomic E-state index is 12.9. The molecule has 0 saturated heterocycles. The third-order valence-electron chi connectivity index (χ3n) is 4.68. The van der Waals surface area contributed by atoms with E-state index in [0.29, 0.717) is 14.7 Å². The van der Waals surface area contributed by atoms with E-state index in [-0.39, 0.29) is 11.4 Å². The van der Waals surface area contributed by atoms with Gasteiger partial charge in [-0.25, -0.2) is 5.43 Å². The number of carbonyl (C=O) groups is 2. The molecule has 0 aliphatic rings. The second-order valence-electron chi connectivity index (χ2n) is 7.39. The number of phenolic OH excluding ortho intramolecular Hbond substituents is 1. The Labute approximate surface area is 225 Å². The van der Waals surface area contributed by atoms with Crippen LogP contribution in [0.4, 0.5) is 5.69 Å². The van der Waals surface area contributed by atoms with Crippen LogP contribution in [0, 0.1) is 7.14 Å². The average molecular weight is 680 g/mol. The summed E-state index contributed by atoms with van der Waals surface area (Å²) in [5, 5.41) is 16.9. The van der Waals surface area contributed by atoms with Crippen molar-refractivity contribution in [2.75, 3.05) is 19.0 Å². The number of phenols is 1. The van der Waals surface area contributed by atoms with Gasteiger partial charge in [-0.1, -0.05) is 30.3 Å². The van der Waals surface area contributed by atoms with Crippen LogP contribution in [0.2, 0.25) is 0 Å². The molecule has 0 radical (unpaired) electrons. The maximum atomic E-state index is 12.9. The molecule has 34 heavy (non-hydrogen) atoms. The summed E-state index contributed by atoms with van der Waals surface area (Å²) in [5.74, 6) is -0.939. The van der Waals surface area contributed by atoms with Gasteiger partial charge in [0.1, 0.15) is 11.4 Å². The van der Waals surface area contributed by atoms with Gasteiger partial charge in [-0.2, -0.15) is 5.10 Å². The Morgan fingerprint density at radius 2 is 1.68 bits per heavy atom. The fourth-order valence-electron chi connectivity index (χ4n) is 2.88. The Bertz CT molecular complexity index is 1240. The summed E-state index contributed by atoms with van der Waals surface area (Å²) >= 11 is 4.16. The monoisotopic (exact) mass is 680 g/mol. The van der Waals surface area contributed by atoms with Gasteiger partial charge in [-0.05, 0) is 93.2 Å². The molecule has 9 heteroatoms. The molecule has 0 heterocycles. The predicted octanol–water partition coefficient (Wildman–Crippen LogP) is 4.59. The van der Waals surface area contributed by atoms with Crippen LogP contribution in [0.1, 0.15) is 21.5 Å². The first kappa shape index (κ1) is 25.7. The minimum atomic E-state index is -0.600. The van der Waals surface area contributed by atoms with Crippen molar-refractivity contribution in [3.63, 3.8) is 0 Å². The molecule has 7 nitrogen and oxygen atoms in total. The lowest BCUT2D eigenvalue weighted by Gasteiger charge is -2.12. The lowest BCUT2D eigenvalue weighted by atomic mass is 10.1. The Balaban J connectivity index is 1.84. The van der Waals surface area contributed by atoms with E-state index in [9.17, 15) is 14.7 Å². The van der Waals surface area contributed by atoms with Crippen molar-refractivity contribution in [2.24, 2.45) is 5.10 Å². The molecule has 0 aliphatic heterocycles. The molecule has 2 amide bonds. The summed E-state index contributed by atoms with van der Waals surface area (Å²) < 4.78 is 1.60. The van der Waals surface area contributed by atoms with Crippen molar-refractivity contribution in [3.8, 4) is 5.75 Å². The normalized spacial score (nSPS) is 11.4. The molecule has 0 fully saturated rings. The zero-order valence-electron chi connectivity index (χ0n) is 18.4. The van der Waals surface area contributed by atoms with Crippen LogP contribution in [0.5, 0.6) is 5.75 Å². The molecule has 0 unspecified atom stereocenters. The molecular formula is C25H22I2N4O3. The Kier molecular flexibility index (Phi) is 9.05. The first-order chi connectivity index (χ1) is 16.2. The third kappa shape index (κ3) is 7.03. The molecule has 3 aromatic carbocycles. The molecule has 3 rings (SSSR count). The summed E-state index contributed by atoms with van der Waals surface area (Å²) in [5.41, 5.74) is 5.09. The number of nitrogens with one attached hydrogen (secondary N) is 2. The smallest absolute Gasteiger partial charge is 0.287 e. The predicted molar refractivity (Wildman–Crippen MR) is 152 cm³/mol. The van der Waals surface area contributed by atoms with Gasteiger partial charge in [0.2, 0.25) is 0 Å². The molecule has 3 N–H and O–H groups in total. The number of nitrogens with zero attached hydrogens (tertiary/aromatic N) is 2. The molecule has 0 atom stereocenters. The van der Waals surface area contributed by atoms with Crippen LogP contribution in [0.25, 0.3) is 6.08 Å². The van der Waals surface area contributed by atoms with Gasteiger partial charge in [-0.15, -0.1) is 0 Å². The quantitative estimate of drug-likeness (QED) is 0.148. The van der Waals surface area contributed by atoms with Crippen LogP contribution in [-0.2, 0) is 4.79 Å². The van der Waals surface area contributed by atoms with Crippen molar-refractivity contribution in [3.05, 3.63) is 96.3 Å². The van der Waals surface area contributed by atoms with Crippen LogP contribution < -0.4 is 15.6 Å². The summed E-state index contributed by atoms with van der Waals surface area (Å²) in [4.78, 5) is 27.6. The van der Waals surface area contributed by atoms with Gasteiger partial charge in [-0.3, -0.25) is 9.59 Å². The number of benzene rings is 3. The van der Waals surface area contributed by atoms with Crippen molar-refractivity contribution < 1.29 is 14.7 Å². The lowest BCUT2D eigenvalue weighted by Crippen LogP contribution is -2.32. The highest BCUT2D eigenvalue weighted by molar-refractivity contribution is 14.1. The molecule has 0 bridgehead atoms. The molecule has 0 aliphatic carbocycles. The van der Waals surface area contributed by atoms with Crippen LogP contribution in [0.3, 0.4) is 0 Å². The largest absolute Gasteiger partial charge is 0.506 e. The van der Waals surface area contributed by atoms with E-state index in [1.54, 1.807) is 36.4 Å². The first-order valence-corrected chi connectivity index (χ1v) is 12.3. The summed E-state index contributed by atoms with van der Waals surface area (Å²) in [6.07, 6.45) is 2.94. The average Bonchev–Trinajstić information content (AvgIpc) is 2.82. The lowest BCUT2D eigenvalue weighted by molar-refractivity contribution is -0.117. The molecule has 174 valence electrons. The van der Waals surface area contributed by atoms with Crippen molar-refractivity contribution in [1.82, 2.24) is 10.7 Å². The van der Waals surface area contributed by atoms with Crippen LogP contribution in [0.15, 0.2) is 77.5 Å². The van der Waals surface area contributed by atoms with E-state index in [1.165, 1.54) is 6.21 Å². The number of anilines is 1. The number of halogens is 2. The number of hydrogen-bond acceptors (Lipinski definition) is 5. The summed E-state index contributed by atoms with van der Waals surface area (Å²) in [6, 6.07) is 19.7. The highest BCUT2D eigenvalue weighted by Gasteiger charge is 2.14. The van der Waals surface area contributed by atoms with E-state index in [2.05, 4.69) is 38.4 Å². The van der Waals surface area contributed by atoms with Gasteiger partial charge in [0.05, 0.1) is 9.78 Å². The molecule has 0 aromatic heterocycles. The number of carbonyl (C=O) groups excluding carboxylic acids is 2. The molecule has 3 aromatic rings. The minimum absolute atomic E-state index is 0.0325. The molecular weight excluding hydrogens is 658 g/mol. The number of hydrazone groups is 1. The van der Waals surface area contributed by atoms with Crippen molar-refractivity contribution >= 4 is 75.0 Å². The SMILES string of the molecule is CN(C)c1ccc(C=C(NC(=O)c2ccccc2)C(=O)N/N=C/c2cc(I)cc(I)c2O)cc1. The fourth-order valence-corrected chi connectivity index (χ4v) is 4.77. The maximum Gasteiger partial charge on any atom is 0.287 e. The van der Waals surface area contributed by atoms with E-state index >= 15 is 0 Å². The van der Waals surface area contributed by atoms with Crippen LogP contribution >= 0.6 is 45.2 Å². The van der Waals surface area contributed by atoms with Gasteiger partial charge in [0.25, 0.3) is 11.8 Å². The van der Waals surface area contributed by atoms with Gasteiger partial charge in [0.15, 0.2) is 0 Å². The zero-order chi connectivity index (χ0) is 24.7. The van der Waals surface area contributed by atoms with Crippen molar-refractivity contribution in [1.29, 1.82) is 0 Å². The highest BCUT2D eigenvalue weighted by Crippen LogP contribution is 2.25. The van der Waals surface area contributed by atoms with Crippen molar-refractivity contribution in [2.45, 2.75) is 0 Å². The third-order valence-corrected chi connectivity index (χ3v) is 6.12. The minimum Gasteiger partial charge on any atom is -0.506 e. The second kappa shape index (κ2) is 12.0. The van der Waals surface area contributed by atoms with E-state index in [0.717, 1.165) is 14.8 Å². The first-order valence-electron chi connectivity index (χ1n) is 10.1. The Hall–Kier alpha value is -2.93. The topological polar surface area (TPSA) is 94.0 Å². The van der Waals surface area contributed by atoms with Gasteiger partial charge >= 0.3 is 0 Å². The summed E-state index contributed by atoms with van der Waals surface area (Å²) in [6.45, 7) is 0. The number of rotatable bonds is 7. The molecule has 0 spiro atoms. The standard InChI is InChI=1S/C25H22I2N4O3/c1-31(2)20-10-8-16(9-11-20)12-22(29-24(33)17-6-4-3-5-7-17)25(34)30-28-15-18-13-19(26)14-21(27)23(18)32/h3-15,32H,1-2H3,(H,29,33)(H,30,34)/b22-12?,28-15+. The number of aromatic hydroxyl groups is 1. The van der Waals surface area contributed by atoms with E-state index in [4.69, 9.17) is 0 Å². The second-order valence-corrected chi connectivity index (χ2v) is 9.80. The Morgan fingerprint density at radius 3 is 2.32 bits per heavy atom. The summed E-state index contributed by atoms with van der Waals surface area (Å²) in [7, 11) is 3.88. The highest BCUT2D eigenvalue weighted by atomic mass is 127. The zero-order valence-corrected chi connectivity index (χ0v) is 22.7. The van der Waals surface area contributed by atoms with Gasteiger partial charge in [0, 0.05) is 34.5 Å². The fraction of sp³-hybridized carbons (Fsp3) is 0.0800. The molecule has 0 saturated carbocycles. The van der Waals surface area contributed by atoms with Crippen LogP contribution in [-0.4, -0.2) is 37.2 Å². The van der Waals surface area contributed by atoms with E-state index < -0.39 is 11.8 Å². The Morgan fingerprint density at radius 1 is 1.00 bits per heavy atom. The number of hydrogen-bond donors (Lipinski definition) is 3.